The van der Waals surface area contributed by atoms with Gasteiger partial charge in [-0.25, -0.2) is 4.98 Å². The van der Waals surface area contributed by atoms with Crippen LogP contribution in [0.15, 0.2) is 65.1 Å². The summed E-state index contributed by atoms with van der Waals surface area (Å²) in [6.07, 6.45) is 0.0418. The van der Waals surface area contributed by atoms with Gasteiger partial charge in [-0.05, 0) is 80.3 Å². The summed E-state index contributed by atoms with van der Waals surface area (Å²) in [6, 6.07) is 19.1. The van der Waals surface area contributed by atoms with E-state index >= 15 is 0 Å². The van der Waals surface area contributed by atoms with Crippen molar-refractivity contribution in [2.45, 2.75) is 46.6 Å². The molecule has 5 heteroatoms. The molecule has 1 heterocycles. The van der Waals surface area contributed by atoms with Gasteiger partial charge in [0.2, 0.25) is 5.89 Å². The van der Waals surface area contributed by atoms with Crippen molar-refractivity contribution >= 4 is 22.7 Å². The van der Waals surface area contributed by atoms with Crippen LogP contribution in [0, 0.1) is 6.92 Å². The molecule has 0 aliphatic heterocycles. The molecule has 0 aliphatic carbocycles. The van der Waals surface area contributed by atoms with Crippen LogP contribution in [0.25, 0.3) is 22.6 Å². The van der Waals surface area contributed by atoms with Crippen molar-refractivity contribution in [2.75, 3.05) is 5.32 Å². The van der Waals surface area contributed by atoms with Crippen LogP contribution in [0.2, 0.25) is 0 Å². The molecule has 0 fully saturated rings. The standard InChI is InChI=1S/C27H28N2O3/c1-16(2)19-11-12-25-24(14-19)29-27(32-25)21-10-9-18(5)23(15-21)28-26(30)20-7-6-8-22(13-20)31-17(3)4/h6-17H,1-5H3,(H,28,30). The maximum atomic E-state index is 12.9. The Morgan fingerprint density at radius 2 is 1.81 bits per heavy atom. The van der Waals surface area contributed by atoms with Crippen molar-refractivity contribution in [3.63, 3.8) is 0 Å². The number of oxazole rings is 1. The lowest BCUT2D eigenvalue weighted by atomic mass is 10.0. The molecule has 0 radical (unpaired) electrons. The molecule has 32 heavy (non-hydrogen) atoms. The number of nitrogens with one attached hydrogen (secondary N) is 1. The Labute approximate surface area is 188 Å². The van der Waals surface area contributed by atoms with E-state index in [2.05, 4.69) is 36.3 Å². The monoisotopic (exact) mass is 428 g/mol. The van der Waals surface area contributed by atoms with Crippen LogP contribution in [-0.2, 0) is 0 Å². The van der Waals surface area contributed by atoms with E-state index in [0.717, 1.165) is 22.2 Å². The van der Waals surface area contributed by atoms with Gasteiger partial charge in [0.15, 0.2) is 5.58 Å². The molecule has 1 amide bonds. The van der Waals surface area contributed by atoms with Crippen molar-refractivity contribution in [3.05, 3.63) is 77.4 Å². The quantitative estimate of drug-likeness (QED) is 0.360. The van der Waals surface area contributed by atoms with Crippen LogP contribution in [0.4, 0.5) is 5.69 Å². The molecular formula is C27H28N2O3. The largest absolute Gasteiger partial charge is 0.491 e. The van der Waals surface area contributed by atoms with Crippen molar-refractivity contribution in [3.8, 4) is 17.2 Å². The van der Waals surface area contributed by atoms with Gasteiger partial charge in [-0.2, -0.15) is 0 Å². The summed E-state index contributed by atoms with van der Waals surface area (Å²) in [5.74, 6) is 1.43. The normalized spacial score (nSPS) is 11.3. The maximum Gasteiger partial charge on any atom is 0.255 e. The second-order valence-corrected chi connectivity index (χ2v) is 8.58. The molecule has 0 unspecified atom stereocenters. The minimum absolute atomic E-state index is 0.0418. The number of fused-ring (bicyclic) bond motifs is 1. The number of hydrogen-bond donors (Lipinski definition) is 1. The van der Waals surface area contributed by atoms with E-state index in [9.17, 15) is 4.79 Å². The molecule has 164 valence electrons. The first-order valence-corrected chi connectivity index (χ1v) is 10.9. The van der Waals surface area contributed by atoms with E-state index in [4.69, 9.17) is 9.15 Å². The number of nitrogens with zero attached hydrogens (tertiary/aromatic N) is 1. The average Bonchev–Trinajstić information content (AvgIpc) is 3.18. The number of carbonyl (C=O) groups excluding carboxylic acids is 1. The van der Waals surface area contributed by atoms with Crippen LogP contribution in [0.1, 0.15) is 55.1 Å². The first-order chi connectivity index (χ1) is 15.3. The highest BCUT2D eigenvalue weighted by atomic mass is 16.5. The summed E-state index contributed by atoms with van der Waals surface area (Å²) in [4.78, 5) is 17.6. The molecule has 1 N–H and O–H groups in total. The molecule has 0 saturated carbocycles. The van der Waals surface area contributed by atoms with E-state index in [-0.39, 0.29) is 12.0 Å². The van der Waals surface area contributed by atoms with Gasteiger partial charge in [0, 0.05) is 16.8 Å². The fourth-order valence-electron chi connectivity index (χ4n) is 3.49. The van der Waals surface area contributed by atoms with Crippen LogP contribution >= 0.6 is 0 Å². The molecular weight excluding hydrogens is 400 g/mol. The van der Waals surface area contributed by atoms with E-state index in [0.29, 0.717) is 28.8 Å². The second kappa shape index (κ2) is 8.87. The van der Waals surface area contributed by atoms with Crippen molar-refractivity contribution in [1.29, 1.82) is 0 Å². The topological polar surface area (TPSA) is 64.4 Å². The van der Waals surface area contributed by atoms with Crippen molar-refractivity contribution in [1.82, 2.24) is 4.98 Å². The van der Waals surface area contributed by atoms with Gasteiger partial charge in [-0.15, -0.1) is 0 Å². The highest BCUT2D eigenvalue weighted by Gasteiger charge is 2.14. The SMILES string of the molecule is Cc1ccc(-c2nc3cc(C(C)C)ccc3o2)cc1NC(=O)c1cccc(OC(C)C)c1. The number of amides is 1. The molecule has 0 atom stereocenters. The third kappa shape index (κ3) is 4.67. The van der Waals surface area contributed by atoms with Crippen LogP contribution < -0.4 is 10.1 Å². The summed E-state index contributed by atoms with van der Waals surface area (Å²) in [6.45, 7) is 10.2. The summed E-state index contributed by atoms with van der Waals surface area (Å²) >= 11 is 0. The number of ether oxygens (including phenoxy) is 1. The predicted molar refractivity (Wildman–Crippen MR) is 128 cm³/mol. The lowest BCUT2D eigenvalue weighted by Crippen LogP contribution is -2.13. The molecule has 0 aliphatic rings. The minimum Gasteiger partial charge on any atom is -0.491 e. The number of hydrogen-bond acceptors (Lipinski definition) is 4. The Bertz CT molecular complexity index is 1270. The lowest BCUT2D eigenvalue weighted by molar-refractivity contribution is 0.102. The van der Waals surface area contributed by atoms with Gasteiger partial charge in [0.1, 0.15) is 11.3 Å². The molecule has 3 aromatic carbocycles. The predicted octanol–water partition coefficient (Wildman–Crippen LogP) is 6.97. The van der Waals surface area contributed by atoms with Crippen LogP contribution in [0.3, 0.4) is 0 Å². The summed E-state index contributed by atoms with van der Waals surface area (Å²) in [5, 5.41) is 3.01. The van der Waals surface area contributed by atoms with Crippen molar-refractivity contribution in [2.24, 2.45) is 0 Å². The Morgan fingerprint density at radius 3 is 2.56 bits per heavy atom. The smallest absolute Gasteiger partial charge is 0.255 e. The molecule has 0 bridgehead atoms. The molecule has 0 saturated heterocycles. The molecule has 0 spiro atoms. The van der Waals surface area contributed by atoms with Gasteiger partial charge in [-0.1, -0.05) is 32.0 Å². The van der Waals surface area contributed by atoms with Gasteiger partial charge >= 0.3 is 0 Å². The fraction of sp³-hybridized carbons (Fsp3) is 0.259. The first kappa shape index (κ1) is 21.6. The zero-order chi connectivity index (χ0) is 22.8. The van der Waals surface area contributed by atoms with Crippen LogP contribution in [-0.4, -0.2) is 17.0 Å². The van der Waals surface area contributed by atoms with E-state index in [1.54, 1.807) is 12.1 Å². The van der Waals surface area contributed by atoms with E-state index < -0.39 is 0 Å². The maximum absolute atomic E-state index is 12.9. The van der Waals surface area contributed by atoms with Crippen LogP contribution in [0.5, 0.6) is 5.75 Å². The Morgan fingerprint density at radius 1 is 1.00 bits per heavy atom. The number of aromatic nitrogens is 1. The highest BCUT2D eigenvalue weighted by molar-refractivity contribution is 6.05. The average molecular weight is 429 g/mol. The lowest BCUT2D eigenvalue weighted by Gasteiger charge is -2.12. The summed E-state index contributed by atoms with van der Waals surface area (Å²) < 4.78 is 11.7. The molecule has 5 nitrogen and oxygen atoms in total. The Kier molecular flexibility index (Phi) is 5.99. The molecule has 4 aromatic rings. The summed E-state index contributed by atoms with van der Waals surface area (Å²) in [7, 11) is 0. The second-order valence-electron chi connectivity index (χ2n) is 8.58. The third-order valence-electron chi connectivity index (χ3n) is 5.28. The van der Waals surface area contributed by atoms with Gasteiger partial charge in [0.25, 0.3) is 5.91 Å². The highest BCUT2D eigenvalue weighted by Crippen LogP contribution is 2.30. The number of aryl methyl sites for hydroxylation is 1. The number of anilines is 1. The summed E-state index contributed by atoms with van der Waals surface area (Å²) in [5.41, 5.74) is 5.82. The third-order valence-corrected chi connectivity index (χ3v) is 5.28. The number of carbonyl (C=O) groups is 1. The zero-order valence-electron chi connectivity index (χ0n) is 19.1. The molecule has 4 rings (SSSR count). The van der Waals surface area contributed by atoms with Gasteiger partial charge in [-0.3, -0.25) is 4.79 Å². The fourth-order valence-corrected chi connectivity index (χ4v) is 3.49. The number of rotatable bonds is 6. The van der Waals surface area contributed by atoms with Gasteiger partial charge in [0.05, 0.1) is 6.10 Å². The Balaban J connectivity index is 1.60. The van der Waals surface area contributed by atoms with Crippen molar-refractivity contribution < 1.29 is 13.9 Å². The minimum atomic E-state index is -0.196. The first-order valence-electron chi connectivity index (χ1n) is 10.9. The van der Waals surface area contributed by atoms with E-state index in [1.165, 1.54) is 5.56 Å². The van der Waals surface area contributed by atoms with Gasteiger partial charge < -0.3 is 14.5 Å². The zero-order valence-corrected chi connectivity index (χ0v) is 19.1. The Hall–Kier alpha value is -3.60. The number of benzene rings is 3. The van der Waals surface area contributed by atoms with E-state index in [1.807, 2.05) is 57.2 Å². The molecule has 1 aromatic heterocycles.